The summed E-state index contributed by atoms with van der Waals surface area (Å²) >= 11 is 0. The second-order valence-electron chi connectivity index (χ2n) is 4.67. The van der Waals surface area contributed by atoms with E-state index in [0.717, 1.165) is 17.9 Å². The number of hydrogen-bond donors (Lipinski definition) is 3. The van der Waals surface area contributed by atoms with Crippen LogP contribution in [0.4, 0.5) is 23.3 Å². The minimum atomic E-state index is 0.210. The Kier molecular flexibility index (Phi) is 2.72. The third kappa shape index (κ3) is 1.96. The Morgan fingerprint density at radius 2 is 2.11 bits per heavy atom. The highest BCUT2D eigenvalue weighted by Crippen LogP contribution is 2.37. The lowest BCUT2D eigenvalue weighted by molar-refractivity contribution is 0.750. The van der Waals surface area contributed by atoms with Crippen molar-refractivity contribution >= 4 is 23.3 Å². The van der Waals surface area contributed by atoms with Crippen LogP contribution in [-0.4, -0.2) is 16.0 Å². The quantitative estimate of drug-likeness (QED) is 0.556. The number of nitrogens with one attached hydrogen (secondary N) is 1. The molecule has 3 rings (SSSR count). The first-order valence-corrected chi connectivity index (χ1v) is 6.17. The molecule has 6 nitrogen and oxygen atoms in total. The van der Waals surface area contributed by atoms with Gasteiger partial charge >= 0.3 is 0 Å². The molecular weight excluding hydrogens is 240 g/mol. The van der Waals surface area contributed by atoms with Crippen molar-refractivity contribution in [3.63, 3.8) is 0 Å². The van der Waals surface area contributed by atoms with Gasteiger partial charge in [-0.15, -0.1) is 0 Å². The van der Waals surface area contributed by atoms with Crippen LogP contribution in [-0.2, 0) is 6.42 Å². The number of benzene rings is 1. The van der Waals surface area contributed by atoms with Gasteiger partial charge in [-0.25, -0.2) is 5.84 Å². The molecule has 1 unspecified atom stereocenters. The first kappa shape index (κ1) is 11.7. The number of fused-ring (bicyclic) bond motifs is 1. The van der Waals surface area contributed by atoms with Crippen molar-refractivity contribution in [2.24, 2.45) is 5.84 Å². The van der Waals surface area contributed by atoms with Crippen molar-refractivity contribution in [1.29, 1.82) is 0 Å². The molecular formula is C13H16N6. The van der Waals surface area contributed by atoms with Crippen LogP contribution in [0.3, 0.4) is 0 Å². The normalized spacial score (nSPS) is 17.4. The fourth-order valence-electron chi connectivity index (χ4n) is 2.56. The number of hydrazine groups is 1. The van der Waals surface area contributed by atoms with E-state index in [0.29, 0.717) is 11.9 Å². The summed E-state index contributed by atoms with van der Waals surface area (Å²) in [6.45, 7) is 2.16. The number of para-hydroxylation sites is 1. The van der Waals surface area contributed by atoms with Gasteiger partial charge in [0.25, 0.3) is 0 Å². The maximum atomic E-state index is 5.72. The van der Waals surface area contributed by atoms with E-state index in [9.17, 15) is 0 Å². The zero-order chi connectivity index (χ0) is 13.4. The van der Waals surface area contributed by atoms with Gasteiger partial charge in [-0.3, -0.25) is 0 Å². The molecule has 0 bridgehead atoms. The van der Waals surface area contributed by atoms with E-state index >= 15 is 0 Å². The van der Waals surface area contributed by atoms with Crippen molar-refractivity contribution in [3.8, 4) is 0 Å². The number of nitrogen functional groups attached to an aromatic ring is 2. The summed E-state index contributed by atoms with van der Waals surface area (Å²) in [4.78, 5) is 10.5. The molecule has 1 atom stereocenters. The van der Waals surface area contributed by atoms with Crippen LogP contribution >= 0.6 is 0 Å². The summed E-state index contributed by atoms with van der Waals surface area (Å²) in [6, 6.07) is 10.4. The van der Waals surface area contributed by atoms with Crippen LogP contribution in [0.5, 0.6) is 0 Å². The van der Waals surface area contributed by atoms with E-state index in [1.807, 2.05) is 6.07 Å². The fraction of sp³-hybridized carbons (Fsp3) is 0.231. The Hall–Kier alpha value is -2.34. The minimum absolute atomic E-state index is 0.210. The predicted molar refractivity (Wildman–Crippen MR) is 76.0 cm³/mol. The van der Waals surface area contributed by atoms with Crippen molar-refractivity contribution in [1.82, 2.24) is 9.97 Å². The molecule has 0 amide bonds. The average Bonchev–Trinajstić information content (AvgIpc) is 2.73. The van der Waals surface area contributed by atoms with Gasteiger partial charge < -0.3 is 16.1 Å². The molecule has 1 aromatic heterocycles. The lowest BCUT2D eigenvalue weighted by Crippen LogP contribution is -2.25. The number of rotatable bonds is 2. The Morgan fingerprint density at radius 3 is 2.89 bits per heavy atom. The summed E-state index contributed by atoms with van der Waals surface area (Å²) in [5.41, 5.74) is 10.7. The lowest BCUT2D eigenvalue weighted by atomic mass is 10.1. The smallest absolute Gasteiger partial charge is 0.224 e. The molecule has 5 N–H and O–H groups in total. The van der Waals surface area contributed by atoms with Gasteiger partial charge in [-0.2, -0.15) is 9.97 Å². The third-order valence-corrected chi connectivity index (χ3v) is 3.33. The highest BCUT2D eigenvalue weighted by Gasteiger charge is 2.28. The maximum Gasteiger partial charge on any atom is 0.224 e. The van der Waals surface area contributed by atoms with Crippen molar-refractivity contribution < 1.29 is 0 Å². The summed E-state index contributed by atoms with van der Waals surface area (Å²) in [7, 11) is 0. The molecule has 1 aliphatic rings. The maximum absolute atomic E-state index is 5.72. The van der Waals surface area contributed by atoms with E-state index in [1.165, 1.54) is 5.56 Å². The highest BCUT2D eigenvalue weighted by atomic mass is 15.3. The van der Waals surface area contributed by atoms with Gasteiger partial charge in [-0.05, 0) is 25.0 Å². The molecule has 6 heteroatoms. The molecule has 0 radical (unpaired) electrons. The van der Waals surface area contributed by atoms with E-state index in [1.54, 1.807) is 6.07 Å². The molecule has 0 saturated heterocycles. The summed E-state index contributed by atoms with van der Waals surface area (Å²) in [5.74, 6) is 6.89. The molecule has 0 aliphatic carbocycles. The summed E-state index contributed by atoms with van der Waals surface area (Å²) in [6.07, 6.45) is 0.992. The number of hydrogen-bond acceptors (Lipinski definition) is 6. The van der Waals surface area contributed by atoms with Gasteiger partial charge in [0.1, 0.15) is 11.6 Å². The molecule has 0 saturated carbocycles. The zero-order valence-corrected chi connectivity index (χ0v) is 10.7. The second-order valence-corrected chi connectivity index (χ2v) is 4.67. The Labute approximate surface area is 111 Å². The van der Waals surface area contributed by atoms with Gasteiger partial charge in [0, 0.05) is 17.8 Å². The van der Waals surface area contributed by atoms with Gasteiger partial charge in [0.15, 0.2) is 0 Å². The fourth-order valence-corrected chi connectivity index (χ4v) is 2.56. The average molecular weight is 256 g/mol. The van der Waals surface area contributed by atoms with Crippen molar-refractivity contribution in [2.45, 2.75) is 19.4 Å². The Morgan fingerprint density at radius 1 is 1.32 bits per heavy atom. The lowest BCUT2D eigenvalue weighted by Gasteiger charge is -2.24. The van der Waals surface area contributed by atoms with Crippen molar-refractivity contribution in [3.05, 3.63) is 35.9 Å². The monoisotopic (exact) mass is 256 g/mol. The SMILES string of the molecule is CC1Cc2ccccc2N1c1cc(NN)nc(N)n1. The number of aromatic nitrogens is 2. The molecule has 19 heavy (non-hydrogen) atoms. The predicted octanol–water partition coefficient (Wildman–Crippen LogP) is 1.43. The number of nitrogens with two attached hydrogens (primary N) is 2. The molecule has 0 fully saturated rings. The van der Waals surface area contributed by atoms with E-state index in [2.05, 4.69) is 45.4 Å². The standard InChI is InChI=1S/C13H16N6/c1-8-6-9-4-2-3-5-10(9)19(8)12-7-11(18-15)16-13(14)17-12/h2-5,7-8H,6,15H2,1H3,(H3,14,16,17,18). The molecule has 1 aromatic carbocycles. The van der Waals surface area contributed by atoms with Gasteiger partial charge in [-0.1, -0.05) is 18.2 Å². The minimum Gasteiger partial charge on any atom is -0.368 e. The zero-order valence-electron chi connectivity index (χ0n) is 10.7. The topological polar surface area (TPSA) is 93.1 Å². The van der Waals surface area contributed by atoms with Crippen molar-refractivity contribution in [2.75, 3.05) is 16.1 Å². The van der Waals surface area contributed by atoms with Crippen LogP contribution in [0, 0.1) is 0 Å². The van der Waals surface area contributed by atoms with Crippen LogP contribution in [0.2, 0.25) is 0 Å². The highest BCUT2D eigenvalue weighted by molar-refractivity contribution is 5.70. The first-order chi connectivity index (χ1) is 9.19. The first-order valence-electron chi connectivity index (χ1n) is 6.17. The van der Waals surface area contributed by atoms with E-state index < -0.39 is 0 Å². The Balaban J connectivity index is 2.09. The molecule has 0 spiro atoms. The van der Waals surface area contributed by atoms with Crippen LogP contribution in [0.1, 0.15) is 12.5 Å². The summed E-state index contributed by atoms with van der Waals surface area (Å²) in [5, 5.41) is 0. The van der Waals surface area contributed by atoms with E-state index in [4.69, 9.17) is 11.6 Å². The second kappa shape index (κ2) is 4.40. The van der Waals surface area contributed by atoms with Gasteiger partial charge in [0.05, 0.1) is 0 Å². The third-order valence-electron chi connectivity index (χ3n) is 3.33. The van der Waals surface area contributed by atoms with E-state index in [-0.39, 0.29) is 5.95 Å². The molecule has 2 heterocycles. The summed E-state index contributed by atoms with van der Waals surface area (Å²) < 4.78 is 0. The molecule has 2 aromatic rings. The van der Waals surface area contributed by atoms with Crippen LogP contribution in [0.15, 0.2) is 30.3 Å². The number of nitrogens with zero attached hydrogens (tertiary/aromatic N) is 3. The largest absolute Gasteiger partial charge is 0.368 e. The molecule has 98 valence electrons. The molecule has 1 aliphatic heterocycles. The van der Waals surface area contributed by atoms with Crippen LogP contribution in [0.25, 0.3) is 0 Å². The number of anilines is 4. The Bertz CT molecular complexity index is 612. The van der Waals surface area contributed by atoms with Gasteiger partial charge in [0.2, 0.25) is 5.95 Å². The van der Waals surface area contributed by atoms with Crippen LogP contribution < -0.4 is 21.9 Å².